The fourth-order valence-corrected chi connectivity index (χ4v) is 1.75. The second-order valence-corrected chi connectivity index (χ2v) is 3.38. The molecule has 0 aromatic carbocycles. The normalized spacial score (nSPS) is 32.2. The van der Waals surface area contributed by atoms with Crippen LogP contribution in [0.3, 0.4) is 0 Å². The van der Waals surface area contributed by atoms with Crippen molar-refractivity contribution in [3.05, 3.63) is 0 Å². The minimum atomic E-state index is 0.239. The summed E-state index contributed by atoms with van der Waals surface area (Å²) in [6, 6.07) is 0. The van der Waals surface area contributed by atoms with Crippen LogP contribution < -0.4 is 0 Å². The molecule has 1 heterocycles. The van der Waals surface area contributed by atoms with Crippen LogP contribution in [0.15, 0.2) is 0 Å². The van der Waals surface area contributed by atoms with Crippen LogP contribution >= 0.6 is 0 Å². The molecular formula is C6H9O2Re. The molecule has 0 N–H and O–H groups in total. The molecule has 0 amide bonds. The van der Waals surface area contributed by atoms with Crippen molar-refractivity contribution in [2.45, 2.75) is 30.4 Å². The van der Waals surface area contributed by atoms with Crippen molar-refractivity contribution in [2.75, 3.05) is 0 Å². The quantitative estimate of drug-likeness (QED) is 0.718. The molecule has 0 aromatic rings. The second-order valence-electron chi connectivity index (χ2n) is 2.27. The van der Waals surface area contributed by atoms with E-state index in [1.54, 1.807) is 26.1 Å². The van der Waals surface area contributed by atoms with Gasteiger partial charge in [0.2, 0.25) is 0 Å². The van der Waals surface area contributed by atoms with Gasteiger partial charge in [-0.1, -0.05) is 0 Å². The molecule has 0 saturated carbocycles. The molecule has 1 aliphatic heterocycles. The first-order valence-corrected chi connectivity index (χ1v) is 4.87. The van der Waals surface area contributed by atoms with Crippen LogP contribution in [0.1, 0.15) is 13.3 Å². The van der Waals surface area contributed by atoms with Crippen molar-refractivity contribution in [3.8, 4) is 0 Å². The number of hydrogen-bond acceptors (Lipinski definition) is 2. The summed E-state index contributed by atoms with van der Waals surface area (Å²) in [5.74, 6) is 0.239. The van der Waals surface area contributed by atoms with E-state index in [4.69, 9.17) is 4.74 Å². The number of carbonyl (C=O) groups is 1. The Hall–Kier alpha value is 0.292. The Morgan fingerprint density at radius 1 is 1.67 bits per heavy atom. The van der Waals surface area contributed by atoms with Crippen LogP contribution in [0, 0.1) is 0 Å². The summed E-state index contributed by atoms with van der Waals surface area (Å²) >= 11 is 1.72. The maximum atomic E-state index is 10.5. The number of hydrogen-bond donors (Lipinski definition) is 0. The van der Waals surface area contributed by atoms with E-state index >= 15 is 0 Å². The van der Waals surface area contributed by atoms with Gasteiger partial charge in [0, 0.05) is 0 Å². The molecule has 9 heavy (non-hydrogen) atoms. The number of epoxide rings is 1. The Labute approximate surface area is 65.4 Å². The van der Waals surface area contributed by atoms with E-state index in [-0.39, 0.29) is 11.9 Å². The Kier molecular flexibility index (Phi) is 2.40. The predicted molar refractivity (Wildman–Crippen MR) is 28.8 cm³/mol. The van der Waals surface area contributed by atoms with Crippen molar-refractivity contribution >= 4 is 5.78 Å². The fraction of sp³-hybridized carbons (Fsp3) is 0.833. The molecule has 1 aliphatic rings. The van der Waals surface area contributed by atoms with Gasteiger partial charge in [0.15, 0.2) is 0 Å². The van der Waals surface area contributed by atoms with E-state index in [2.05, 4.69) is 0 Å². The number of rotatable bonds is 3. The van der Waals surface area contributed by atoms with Crippen LogP contribution in [-0.4, -0.2) is 18.0 Å². The molecule has 0 radical (unpaired) electrons. The topological polar surface area (TPSA) is 29.6 Å². The van der Waals surface area contributed by atoms with Gasteiger partial charge in [0.25, 0.3) is 0 Å². The second kappa shape index (κ2) is 2.92. The molecule has 0 aromatic heterocycles. The van der Waals surface area contributed by atoms with Gasteiger partial charge in [-0.05, 0) is 0 Å². The summed E-state index contributed by atoms with van der Waals surface area (Å²) in [6.07, 6.45) is 1.30. The Morgan fingerprint density at radius 2 is 2.33 bits per heavy atom. The SMILES string of the molecule is CC(=O)CC1OC1[CH2][Re]. The third kappa shape index (κ3) is 2.17. The van der Waals surface area contributed by atoms with E-state index < -0.39 is 0 Å². The predicted octanol–water partition coefficient (Wildman–Crippen LogP) is 0.698. The zero-order valence-electron chi connectivity index (χ0n) is 5.26. The summed E-state index contributed by atoms with van der Waals surface area (Å²) in [7, 11) is 0. The number of ether oxygens (including phenoxy) is 1. The monoisotopic (exact) mass is 300 g/mol. The zero-order valence-corrected chi connectivity index (χ0v) is 7.98. The van der Waals surface area contributed by atoms with E-state index in [1.807, 2.05) is 0 Å². The molecule has 1 fully saturated rings. The van der Waals surface area contributed by atoms with Crippen molar-refractivity contribution in [3.63, 3.8) is 0 Å². The van der Waals surface area contributed by atoms with Crippen LogP contribution in [-0.2, 0) is 28.7 Å². The van der Waals surface area contributed by atoms with E-state index in [0.717, 1.165) is 4.89 Å². The minimum absolute atomic E-state index is 0.239. The van der Waals surface area contributed by atoms with E-state index in [1.165, 1.54) is 0 Å². The molecule has 1 rings (SSSR count). The third-order valence-electron chi connectivity index (χ3n) is 1.33. The number of Topliss-reactive ketones (excluding diaryl/α,β-unsaturated/α-hetero) is 1. The molecule has 1 saturated heterocycles. The molecule has 2 nitrogen and oxygen atoms in total. The Bertz CT molecular complexity index is 124. The maximum absolute atomic E-state index is 10.5. The van der Waals surface area contributed by atoms with Crippen molar-refractivity contribution < 1.29 is 28.7 Å². The first kappa shape index (κ1) is 7.40. The Morgan fingerprint density at radius 3 is 2.67 bits per heavy atom. The van der Waals surface area contributed by atoms with E-state index in [0.29, 0.717) is 12.5 Å². The van der Waals surface area contributed by atoms with Gasteiger partial charge >= 0.3 is 65.0 Å². The standard InChI is InChI=1S/C6H9O2.Re/c1-4(7)3-6-5(2)8-6;/h5-6H,2-3H2,1H3;. The molecule has 3 heteroatoms. The summed E-state index contributed by atoms with van der Waals surface area (Å²) in [5.41, 5.74) is 0. The summed E-state index contributed by atoms with van der Waals surface area (Å²) in [6.45, 7) is 1.61. The first-order valence-electron chi connectivity index (χ1n) is 2.95. The number of carbonyl (C=O) groups excluding carboxylic acids is 1. The van der Waals surface area contributed by atoms with Gasteiger partial charge in [0.1, 0.15) is 0 Å². The zero-order chi connectivity index (χ0) is 6.85. The van der Waals surface area contributed by atoms with Crippen molar-refractivity contribution in [1.82, 2.24) is 0 Å². The summed E-state index contributed by atoms with van der Waals surface area (Å²) < 4.78 is 5.17. The third-order valence-corrected chi connectivity index (χ3v) is 2.42. The molecule has 0 aliphatic carbocycles. The van der Waals surface area contributed by atoms with Crippen LogP contribution in [0.25, 0.3) is 0 Å². The number of ketones is 1. The molecule has 2 atom stereocenters. The average molecular weight is 299 g/mol. The fourth-order valence-electron chi connectivity index (χ4n) is 0.778. The van der Waals surface area contributed by atoms with Crippen LogP contribution in [0.4, 0.5) is 0 Å². The van der Waals surface area contributed by atoms with Crippen molar-refractivity contribution in [2.24, 2.45) is 0 Å². The van der Waals surface area contributed by atoms with Gasteiger partial charge in [-0.25, -0.2) is 0 Å². The molecule has 52 valence electrons. The summed E-state index contributed by atoms with van der Waals surface area (Å²) in [4.78, 5) is 11.6. The summed E-state index contributed by atoms with van der Waals surface area (Å²) in [5, 5.41) is 0. The molecule has 0 spiro atoms. The van der Waals surface area contributed by atoms with Gasteiger partial charge in [-0.3, -0.25) is 0 Å². The van der Waals surface area contributed by atoms with Crippen molar-refractivity contribution in [1.29, 1.82) is 0 Å². The van der Waals surface area contributed by atoms with Crippen LogP contribution in [0.5, 0.6) is 0 Å². The molecular weight excluding hydrogens is 290 g/mol. The van der Waals surface area contributed by atoms with Gasteiger partial charge in [-0.15, -0.1) is 0 Å². The van der Waals surface area contributed by atoms with Gasteiger partial charge in [-0.2, -0.15) is 0 Å². The average Bonchev–Trinajstić information content (AvgIpc) is 2.45. The molecule has 2 unspecified atom stereocenters. The van der Waals surface area contributed by atoms with E-state index in [9.17, 15) is 4.79 Å². The Balaban J connectivity index is 2.12. The first-order chi connectivity index (χ1) is 4.24. The van der Waals surface area contributed by atoms with Gasteiger partial charge < -0.3 is 0 Å². The van der Waals surface area contributed by atoms with Gasteiger partial charge in [0.05, 0.1) is 0 Å². The van der Waals surface area contributed by atoms with Crippen LogP contribution in [0.2, 0.25) is 4.89 Å². The molecule has 0 bridgehead atoms.